The van der Waals surface area contributed by atoms with E-state index in [0.717, 1.165) is 17.6 Å². The van der Waals surface area contributed by atoms with Crippen molar-refractivity contribution < 1.29 is 0 Å². The zero-order valence-corrected chi connectivity index (χ0v) is 8.53. The average Bonchev–Trinajstić information content (AvgIpc) is 2.19. The van der Waals surface area contributed by atoms with Crippen molar-refractivity contribution in [3.05, 3.63) is 43.0 Å². The molecule has 0 fully saturated rings. The van der Waals surface area contributed by atoms with Gasteiger partial charge in [0.25, 0.3) is 0 Å². The second kappa shape index (κ2) is 4.24. The maximum absolute atomic E-state index is 3.80. The quantitative estimate of drug-likeness (QED) is 0.489. The number of nitrogens with zero attached hydrogens (tertiary/aromatic N) is 1. The summed E-state index contributed by atoms with van der Waals surface area (Å²) in [5, 5.41) is 0. The Morgan fingerprint density at radius 2 is 1.92 bits per heavy atom. The van der Waals surface area contributed by atoms with Crippen LogP contribution in [0.1, 0.15) is 6.92 Å². The molecule has 1 heteroatoms. The van der Waals surface area contributed by atoms with Crippen LogP contribution in [0.2, 0.25) is 0 Å². The highest BCUT2D eigenvalue weighted by molar-refractivity contribution is 5.42. The number of rotatable bonds is 4. The zero-order chi connectivity index (χ0) is 9.73. The van der Waals surface area contributed by atoms with E-state index in [4.69, 9.17) is 0 Å². The van der Waals surface area contributed by atoms with Gasteiger partial charge in [0.2, 0.25) is 0 Å². The molecule has 1 rings (SSSR count). The maximum atomic E-state index is 3.80. The summed E-state index contributed by atoms with van der Waals surface area (Å²) < 4.78 is 0.935. The highest BCUT2D eigenvalue weighted by Crippen LogP contribution is 2.19. The van der Waals surface area contributed by atoms with E-state index in [2.05, 4.69) is 50.9 Å². The fourth-order valence-electron chi connectivity index (χ4n) is 1.49. The second-order valence-corrected chi connectivity index (χ2v) is 3.52. The number of quaternary nitrogens is 1. The largest absolute Gasteiger partial charge is 0.291 e. The average molecular weight is 176 g/mol. The number of benzene rings is 1. The van der Waals surface area contributed by atoms with Crippen LogP contribution in [0.4, 0.5) is 5.69 Å². The van der Waals surface area contributed by atoms with Crippen molar-refractivity contribution in [2.75, 3.05) is 20.1 Å². The summed E-state index contributed by atoms with van der Waals surface area (Å²) in [7, 11) is 2.23. The van der Waals surface area contributed by atoms with Gasteiger partial charge in [0.1, 0.15) is 12.2 Å². The fraction of sp³-hybridized carbons (Fsp3) is 0.333. The number of hydrogen-bond donors (Lipinski definition) is 0. The lowest BCUT2D eigenvalue weighted by Crippen LogP contribution is -2.44. The summed E-state index contributed by atoms with van der Waals surface area (Å²) in [6.45, 7) is 8.09. The summed E-state index contributed by atoms with van der Waals surface area (Å²) >= 11 is 0. The van der Waals surface area contributed by atoms with Gasteiger partial charge >= 0.3 is 0 Å². The molecule has 70 valence electrons. The SMILES string of the molecule is C=CC[N@@+](C)(CC)c1ccccc1. The summed E-state index contributed by atoms with van der Waals surface area (Å²) in [5.74, 6) is 0. The minimum atomic E-state index is 0.935. The standard InChI is InChI=1S/C12H18N/c1-4-11-13(3,5-2)12-9-7-6-8-10-12/h4,6-10H,1,5,11H2,2-3H3/q+1/t13-/m1/s1. The molecule has 0 aromatic heterocycles. The molecule has 0 aliphatic heterocycles. The molecule has 13 heavy (non-hydrogen) atoms. The van der Waals surface area contributed by atoms with Gasteiger partial charge in [-0.05, 0) is 25.1 Å². The highest BCUT2D eigenvalue weighted by atomic mass is 15.3. The molecule has 0 N–H and O–H groups in total. The molecule has 1 aromatic carbocycles. The van der Waals surface area contributed by atoms with E-state index in [1.54, 1.807) is 0 Å². The van der Waals surface area contributed by atoms with Gasteiger partial charge in [-0.3, -0.25) is 4.48 Å². The van der Waals surface area contributed by atoms with E-state index in [9.17, 15) is 0 Å². The summed E-state index contributed by atoms with van der Waals surface area (Å²) in [6.07, 6.45) is 1.98. The van der Waals surface area contributed by atoms with Crippen molar-refractivity contribution >= 4 is 5.69 Å². The lowest BCUT2D eigenvalue weighted by Gasteiger charge is -2.31. The first-order valence-corrected chi connectivity index (χ1v) is 4.74. The van der Waals surface area contributed by atoms with E-state index >= 15 is 0 Å². The third-order valence-corrected chi connectivity index (χ3v) is 2.61. The first kappa shape index (κ1) is 10.0. The lowest BCUT2D eigenvalue weighted by molar-refractivity contribution is 0.383. The van der Waals surface area contributed by atoms with Crippen LogP contribution < -0.4 is 4.48 Å². The molecule has 1 aromatic rings. The third-order valence-electron chi connectivity index (χ3n) is 2.61. The van der Waals surface area contributed by atoms with E-state index in [1.807, 2.05) is 6.08 Å². The molecule has 0 amide bonds. The Morgan fingerprint density at radius 1 is 1.31 bits per heavy atom. The number of likely N-dealkylation sites (N-methyl/N-ethyl adjacent to an activating group) is 1. The Kier molecular flexibility index (Phi) is 3.26. The zero-order valence-electron chi connectivity index (χ0n) is 8.53. The topological polar surface area (TPSA) is 0 Å². The molecule has 0 spiro atoms. The Hall–Kier alpha value is -1.08. The van der Waals surface area contributed by atoms with Crippen LogP contribution in [-0.4, -0.2) is 20.1 Å². The number of para-hydroxylation sites is 1. The molecule has 0 bridgehead atoms. The van der Waals surface area contributed by atoms with Gasteiger partial charge in [0.15, 0.2) is 0 Å². The van der Waals surface area contributed by atoms with Gasteiger partial charge < -0.3 is 0 Å². The summed E-state index contributed by atoms with van der Waals surface area (Å²) in [5.41, 5.74) is 1.35. The Labute approximate surface area is 80.9 Å². The van der Waals surface area contributed by atoms with Crippen LogP contribution in [-0.2, 0) is 0 Å². The van der Waals surface area contributed by atoms with E-state index < -0.39 is 0 Å². The molecule has 1 nitrogen and oxygen atoms in total. The first-order chi connectivity index (χ1) is 6.23. The Bertz CT molecular complexity index is 266. The van der Waals surface area contributed by atoms with Crippen molar-refractivity contribution in [3.63, 3.8) is 0 Å². The predicted octanol–water partition coefficient (Wildman–Crippen LogP) is 2.83. The van der Waals surface area contributed by atoms with Crippen LogP contribution in [0.25, 0.3) is 0 Å². The van der Waals surface area contributed by atoms with Crippen LogP contribution in [0.3, 0.4) is 0 Å². The van der Waals surface area contributed by atoms with Crippen molar-refractivity contribution in [1.29, 1.82) is 0 Å². The maximum Gasteiger partial charge on any atom is 0.132 e. The van der Waals surface area contributed by atoms with Crippen LogP contribution in [0.5, 0.6) is 0 Å². The smallest absolute Gasteiger partial charge is 0.132 e. The predicted molar refractivity (Wildman–Crippen MR) is 59.8 cm³/mol. The van der Waals surface area contributed by atoms with E-state index in [0.29, 0.717) is 0 Å². The van der Waals surface area contributed by atoms with Crippen molar-refractivity contribution in [2.45, 2.75) is 6.92 Å². The van der Waals surface area contributed by atoms with E-state index in [1.165, 1.54) is 5.69 Å². The minimum Gasteiger partial charge on any atom is -0.291 e. The van der Waals surface area contributed by atoms with Gasteiger partial charge in [-0.2, -0.15) is 0 Å². The molecule has 0 aliphatic rings. The van der Waals surface area contributed by atoms with Gasteiger partial charge in [0, 0.05) is 0 Å². The van der Waals surface area contributed by atoms with Gasteiger partial charge in [-0.15, -0.1) is 0 Å². The van der Waals surface area contributed by atoms with Crippen molar-refractivity contribution in [1.82, 2.24) is 4.48 Å². The highest BCUT2D eigenvalue weighted by Gasteiger charge is 2.19. The minimum absolute atomic E-state index is 0.935. The van der Waals surface area contributed by atoms with Crippen LogP contribution in [0.15, 0.2) is 43.0 Å². The summed E-state index contributed by atoms with van der Waals surface area (Å²) in [4.78, 5) is 0. The third kappa shape index (κ3) is 2.19. The monoisotopic (exact) mass is 176 g/mol. The summed E-state index contributed by atoms with van der Waals surface area (Å²) in [6, 6.07) is 10.6. The molecule has 0 saturated heterocycles. The van der Waals surface area contributed by atoms with Crippen molar-refractivity contribution in [2.24, 2.45) is 0 Å². The molecular weight excluding hydrogens is 158 g/mol. The molecule has 0 radical (unpaired) electrons. The molecular formula is C12H18N+. The van der Waals surface area contributed by atoms with E-state index in [-0.39, 0.29) is 0 Å². The molecule has 0 heterocycles. The lowest BCUT2D eigenvalue weighted by atomic mass is 10.2. The second-order valence-electron chi connectivity index (χ2n) is 3.52. The fourth-order valence-corrected chi connectivity index (χ4v) is 1.49. The molecule has 0 unspecified atom stereocenters. The van der Waals surface area contributed by atoms with Crippen LogP contribution >= 0.6 is 0 Å². The van der Waals surface area contributed by atoms with Gasteiger partial charge in [-0.25, -0.2) is 0 Å². The van der Waals surface area contributed by atoms with Crippen LogP contribution in [0, 0.1) is 0 Å². The normalized spacial score (nSPS) is 14.9. The van der Waals surface area contributed by atoms with Gasteiger partial charge in [-0.1, -0.05) is 24.8 Å². The molecule has 1 atom stereocenters. The molecule has 0 aliphatic carbocycles. The molecule has 0 saturated carbocycles. The Balaban J connectivity index is 2.95. The van der Waals surface area contributed by atoms with Gasteiger partial charge in [0.05, 0.1) is 13.6 Å². The first-order valence-electron chi connectivity index (χ1n) is 4.74. The van der Waals surface area contributed by atoms with Crippen molar-refractivity contribution in [3.8, 4) is 0 Å². The Morgan fingerprint density at radius 3 is 2.38 bits per heavy atom. The number of hydrogen-bond acceptors (Lipinski definition) is 0.